The maximum atomic E-state index is 5.34. The Bertz CT molecular complexity index is 643. The molecule has 1 aliphatic carbocycles. The number of aromatic amines is 1. The number of H-pyrrole nitrogens is 1. The van der Waals surface area contributed by atoms with E-state index in [9.17, 15) is 0 Å². The first kappa shape index (κ1) is 14.7. The molecule has 2 aromatic rings. The Labute approximate surface area is 136 Å². The Morgan fingerprint density at radius 2 is 2.00 bits per heavy atom. The van der Waals surface area contributed by atoms with Crippen LogP contribution in [-0.4, -0.2) is 29.4 Å². The summed E-state index contributed by atoms with van der Waals surface area (Å²) in [5.41, 5.74) is 1.12. The minimum absolute atomic E-state index is 0.597. The van der Waals surface area contributed by atoms with E-state index >= 15 is 0 Å². The van der Waals surface area contributed by atoms with Gasteiger partial charge in [0.15, 0.2) is 11.5 Å². The SMILES string of the molecule is COc1cc(Br)c(CSc2n[nH]c(C3CC3)n2)cc1OC. The summed E-state index contributed by atoms with van der Waals surface area (Å²) in [6, 6.07) is 3.90. The van der Waals surface area contributed by atoms with Crippen LogP contribution in [-0.2, 0) is 5.75 Å². The van der Waals surface area contributed by atoms with Gasteiger partial charge in [0.2, 0.25) is 5.16 Å². The molecule has 7 heteroatoms. The number of halogens is 1. The van der Waals surface area contributed by atoms with E-state index in [2.05, 4.69) is 31.1 Å². The van der Waals surface area contributed by atoms with Gasteiger partial charge in [-0.1, -0.05) is 27.7 Å². The average molecular weight is 370 g/mol. The van der Waals surface area contributed by atoms with Crippen LogP contribution >= 0.6 is 27.7 Å². The number of hydrogen-bond donors (Lipinski definition) is 1. The van der Waals surface area contributed by atoms with Crippen LogP contribution in [0.2, 0.25) is 0 Å². The summed E-state index contributed by atoms with van der Waals surface area (Å²) in [4.78, 5) is 4.52. The number of aromatic nitrogens is 3. The minimum atomic E-state index is 0.597. The highest BCUT2D eigenvalue weighted by atomic mass is 79.9. The number of ether oxygens (including phenoxy) is 2. The molecular formula is C14H16BrN3O2S. The molecule has 0 unspecified atom stereocenters. The molecule has 0 bridgehead atoms. The maximum Gasteiger partial charge on any atom is 0.208 e. The average Bonchev–Trinajstić information content (AvgIpc) is 3.24. The zero-order valence-corrected chi connectivity index (χ0v) is 14.3. The molecule has 1 heterocycles. The highest BCUT2D eigenvalue weighted by molar-refractivity contribution is 9.10. The number of thioether (sulfide) groups is 1. The van der Waals surface area contributed by atoms with Crippen molar-refractivity contribution in [2.75, 3.05) is 14.2 Å². The van der Waals surface area contributed by atoms with Crippen molar-refractivity contribution in [3.63, 3.8) is 0 Å². The van der Waals surface area contributed by atoms with Crippen LogP contribution in [0.25, 0.3) is 0 Å². The molecule has 0 saturated heterocycles. The molecule has 0 amide bonds. The molecule has 5 nitrogen and oxygen atoms in total. The van der Waals surface area contributed by atoms with Crippen LogP contribution in [0, 0.1) is 0 Å². The molecule has 0 aliphatic heterocycles. The minimum Gasteiger partial charge on any atom is -0.493 e. The van der Waals surface area contributed by atoms with Gasteiger partial charge < -0.3 is 9.47 Å². The third-order valence-electron chi connectivity index (χ3n) is 3.36. The van der Waals surface area contributed by atoms with Gasteiger partial charge in [-0.25, -0.2) is 4.98 Å². The molecular weight excluding hydrogens is 354 g/mol. The van der Waals surface area contributed by atoms with Crippen molar-refractivity contribution in [1.82, 2.24) is 15.2 Å². The molecule has 1 saturated carbocycles. The Morgan fingerprint density at radius 1 is 1.29 bits per heavy atom. The lowest BCUT2D eigenvalue weighted by Crippen LogP contribution is -1.93. The predicted octanol–water partition coefficient (Wildman–Crippen LogP) is 3.75. The molecule has 112 valence electrons. The van der Waals surface area contributed by atoms with Crippen LogP contribution in [0.1, 0.15) is 30.1 Å². The van der Waals surface area contributed by atoms with Crippen molar-refractivity contribution in [1.29, 1.82) is 0 Å². The Kier molecular flexibility index (Phi) is 4.40. The highest BCUT2D eigenvalue weighted by Gasteiger charge is 2.27. The van der Waals surface area contributed by atoms with Crippen LogP contribution < -0.4 is 9.47 Å². The van der Waals surface area contributed by atoms with Gasteiger partial charge in [-0.15, -0.1) is 5.10 Å². The third-order valence-corrected chi connectivity index (χ3v) is 4.99. The summed E-state index contributed by atoms with van der Waals surface area (Å²) < 4.78 is 11.6. The number of benzene rings is 1. The lowest BCUT2D eigenvalue weighted by atomic mass is 10.2. The Balaban J connectivity index is 1.71. The lowest BCUT2D eigenvalue weighted by molar-refractivity contribution is 0.354. The first-order valence-corrected chi connectivity index (χ1v) is 8.44. The molecule has 1 aromatic carbocycles. The topological polar surface area (TPSA) is 60.0 Å². The first-order chi connectivity index (χ1) is 10.2. The van der Waals surface area contributed by atoms with Gasteiger partial charge in [0.25, 0.3) is 0 Å². The van der Waals surface area contributed by atoms with E-state index in [1.165, 1.54) is 12.8 Å². The van der Waals surface area contributed by atoms with E-state index < -0.39 is 0 Å². The van der Waals surface area contributed by atoms with E-state index in [-0.39, 0.29) is 0 Å². The van der Waals surface area contributed by atoms with E-state index in [1.54, 1.807) is 26.0 Å². The highest BCUT2D eigenvalue weighted by Crippen LogP contribution is 2.39. The monoisotopic (exact) mass is 369 g/mol. The van der Waals surface area contributed by atoms with Crippen LogP contribution in [0.5, 0.6) is 11.5 Å². The fraction of sp³-hybridized carbons (Fsp3) is 0.429. The first-order valence-electron chi connectivity index (χ1n) is 6.66. The summed E-state index contributed by atoms with van der Waals surface area (Å²) in [6.07, 6.45) is 2.45. The van der Waals surface area contributed by atoms with Gasteiger partial charge >= 0.3 is 0 Å². The maximum absolute atomic E-state index is 5.34. The Hall–Kier alpha value is -1.21. The number of nitrogens with zero attached hydrogens (tertiary/aromatic N) is 2. The summed E-state index contributed by atoms with van der Waals surface area (Å²) >= 11 is 5.17. The van der Waals surface area contributed by atoms with E-state index in [1.807, 2.05) is 12.1 Å². The standard InChI is InChI=1S/C14H16BrN3O2S/c1-19-11-5-9(10(15)6-12(11)20-2)7-21-14-16-13(17-18-14)8-3-4-8/h5-6,8H,3-4,7H2,1-2H3,(H,16,17,18). The Morgan fingerprint density at radius 3 is 2.67 bits per heavy atom. The zero-order valence-electron chi connectivity index (χ0n) is 11.9. The van der Waals surface area contributed by atoms with Gasteiger partial charge in [-0.3, -0.25) is 5.10 Å². The van der Waals surface area contributed by atoms with Gasteiger partial charge in [0.05, 0.1) is 14.2 Å². The quantitative estimate of drug-likeness (QED) is 0.785. The molecule has 1 aromatic heterocycles. The van der Waals surface area contributed by atoms with Gasteiger partial charge in [-0.2, -0.15) is 0 Å². The van der Waals surface area contributed by atoms with Crippen molar-refractivity contribution in [2.24, 2.45) is 0 Å². The molecule has 1 aliphatic rings. The molecule has 1 N–H and O–H groups in total. The second-order valence-electron chi connectivity index (χ2n) is 4.86. The van der Waals surface area contributed by atoms with Crippen molar-refractivity contribution >= 4 is 27.7 Å². The fourth-order valence-electron chi connectivity index (χ4n) is 2.01. The summed E-state index contributed by atoms with van der Waals surface area (Å²) in [7, 11) is 3.27. The fourth-order valence-corrected chi connectivity index (χ4v) is 3.46. The number of rotatable bonds is 6. The predicted molar refractivity (Wildman–Crippen MR) is 85.2 cm³/mol. The van der Waals surface area contributed by atoms with Gasteiger partial charge in [0.1, 0.15) is 5.82 Å². The summed E-state index contributed by atoms with van der Waals surface area (Å²) in [5, 5.41) is 8.07. The second-order valence-corrected chi connectivity index (χ2v) is 6.66. The molecule has 3 rings (SSSR count). The van der Waals surface area contributed by atoms with Crippen molar-refractivity contribution in [2.45, 2.75) is 29.7 Å². The van der Waals surface area contributed by atoms with Crippen molar-refractivity contribution in [3.05, 3.63) is 28.0 Å². The summed E-state index contributed by atoms with van der Waals surface area (Å²) in [6.45, 7) is 0. The molecule has 0 spiro atoms. The van der Waals surface area contributed by atoms with E-state index in [0.717, 1.165) is 32.5 Å². The molecule has 21 heavy (non-hydrogen) atoms. The van der Waals surface area contributed by atoms with Crippen molar-refractivity contribution < 1.29 is 9.47 Å². The van der Waals surface area contributed by atoms with E-state index in [4.69, 9.17) is 9.47 Å². The van der Waals surface area contributed by atoms with Crippen LogP contribution in [0.15, 0.2) is 21.8 Å². The number of hydrogen-bond acceptors (Lipinski definition) is 5. The second kappa shape index (κ2) is 6.27. The van der Waals surface area contributed by atoms with E-state index in [0.29, 0.717) is 11.7 Å². The largest absolute Gasteiger partial charge is 0.493 e. The lowest BCUT2D eigenvalue weighted by Gasteiger charge is -2.11. The number of nitrogens with one attached hydrogen (secondary N) is 1. The zero-order chi connectivity index (χ0) is 14.8. The van der Waals surface area contributed by atoms with Crippen LogP contribution in [0.3, 0.4) is 0 Å². The smallest absolute Gasteiger partial charge is 0.208 e. The van der Waals surface area contributed by atoms with Gasteiger partial charge in [0, 0.05) is 16.1 Å². The molecule has 0 atom stereocenters. The summed E-state index contributed by atoms with van der Waals surface area (Å²) in [5.74, 6) is 3.82. The normalized spacial score (nSPS) is 14.2. The van der Waals surface area contributed by atoms with Crippen molar-refractivity contribution in [3.8, 4) is 11.5 Å². The van der Waals surface area contributed by atoms with Crippen LogP contribution in [0.4, 0.5) is 0 Å². The number of methoxy groups -OCH3 is 2. The third kappa shape index (κ3) is 3.35. The van der Waals surface area contributed by atoms with Gasteiger partial charge in [-0.05, 0) is 30.5 Å². The molecule has 1 fully saturated rings. The molecule has 0 radical (unpaired) electrons.